The van der Waals surface area contributed by atoms with Crippen LogP contribution in [0.3, 0.4) is 0 Å². The zero-order valence-electron chi connectivity index (χ0n) is 15.7. The lowest BCUT2D eigenvalue weighted by Crippen LogP contribution is -2.22. The van der Waals surface area contributed by atoms with Gasteiger partial charge in [-0.1, -0.05) is 19.3 Å². The molecule has 4 aromatic heterocycles. The third-order valence-electron chi connectivity index (χ3n) is 4.84. The first-order valence-electron chi connectivity index (χ1n) is 9.40. The third-order valence-corrected chi connectivity index (χ3v) is 5.64. The van der Waals surface area contributed by atoms with Crippen LogP contribution in [0.4, 0.5) is 0 Å². The molecule has 0 saturated heterocycles. The monoisotopic (exact) mass is 380 g/mol. The molecule has 7 heteroatoms. The molecule has 0 amide bonds. The van der Waals surface area contributed by atoms with E-state index in [1.165, 1.54) is 32.1 Å². The van der Waals surface area contributed by atoms with Gasteiger partial charge in [-0.3, -0.25) is 9.97 Å². The molecule has 0 aliphatic heterocycles. The Labute approximate surface area is 162 Å². The molecule has 1 aliphatic carbocycles. The Kier molecular flexibility index (Phi) is 5.13. The minimum Gasteiger partial charge on any atom is -0.328 e. The summed E-state index contributed by atoms with van der Waals surface area (Å²) in [6.45, 7) is 3.95. The molecule has 0 unspecified atom stereocenters. The van der Waals surface area contributed by atoms with Crippen LogP contribution in [-0.4, -0.2) is 30.6 Å². The van der Waals surface area contributed by atoms with Gasteiger partial charge >= 0.3 is 0 Å². The summed E-state index contributed by atoms with van der Waals surface area (Å²) in [5.41, 5.74) is 11.1. The fraction of sp³-hybridized carbons (Fsp3) is 0.400. The topological polar surface area (TPSA) is 82.0 Å². The van der Waals surface area contributed by atoms with E-state index in [1.54, 1.807) is 17.5 Å². The summed E-state index contributed by atoms with van der Waals surface area (Å²) in [7, 11) is 0. The van der Waals surface area contributed by atoms with E-state index in [1.807, 2.05) is 42.1 Å². The van der Waals surface area contributed by atoms with Crippen molar-refractivity contribution in [3.8, 4) is 11.4 Å². The predicted molar refractivity (Wildman–Crippen MR) is 110 cm³/mol. The largest absolute Gasteiger partial charge is 0.328 e. The highest BCUT2D eigenvalue weighted by molar-refractivity contribution is 7.16. The molecule has 0 radical (unpaired) electrons. The highest BCUT2D eigenvalue weighted by atomic mass is 32.1. The number of nitrogens with zero attached hydrogens (tertiary/aromatic N) is 5. The molecule has 6 nitrogen and oxygen atoms in total. The van der Waals surface area contributed by atoms with Crippen LogP contribution in [0, 0.1) is 13.8 Å². The van der Waals surface area contributed by atoms with Gasteiger partial charge in [0.05, 0.1) is 34.8 Å². The highest BCUT2D eigenvalue weighted by Gasteiger charge is 2.10. The molecule has 0 spiro atoms. The third kappa shape index (κ3) is 3.99. The Hall–Kier alpha value is -2.38. The Morgan fingerprint density at radius 3 is 2.67 bits per heavy atom. The minimum absolute atomic E-state index is 0.536. The lowest BCUT2D eigenvalue weighted by atomic mass is 9.97. The highest BCUT2D eigenvalue weighted by Crippen LogP contribution is 2.23. The second kappa shape index (κ2) is 7.70. The Balaban J connectivity index is 0.000000218. The number of hydrogen-bond acceptors (Lipinski definition) is 6. The van der Waals surface area contributed by atoms with Crippen molar-refractivity contribution in [2.45, 2.75) is 52.0 Å². The summed E-state index contributed by atoms with van der Waals surface area (Å²) in [4.78, 5) is 14.4. The normalized spacial score (nSPS) is 15.1. The summed E-state index contributed by atoms with van der Waals surface area (Å²) >= 11 is 1.59. The van der Waals surface area contributed by atoms with Crippen LogP contribution >= 0.6 is 11.3 Å². The van der Waals surface area contributed by atoms with E-state index in [9.17, 15) is 0 Å². The van der Waals surface area contributed by atoms with E-state index in [4.69, 9.17) is 5.73 Å². The van der Waals surface area contributed by atoms with Gasteiger partial charge in [0.1, 0.15) is 16.2 Å². The molecule has 4 aromatic rings. The molecule has 1 aliphatic rings. The van der Waals surface area contributed by atoms with Gasteiger partial charge in [0.2, 0.25) is 0 Å². The van der Waals surface area contributed by atoms with Crippen LogP contribution in [0.25, 0.3) is 27.3 Å². The maximum atomic E-state index is 5.63. The van der Waals surface area contributed by atoms with Gasteiger partial charge in [-0.15, -0.1) is 11.3 Å². The van der Waals surface area contributed by atoms with Crippen molar-refractivity contribution in [2.75, 3.05) is 0 Å². The van der Waals surface area contributed by atoms with Gasteiger partial charge in [0.25, 0.3) is 0 Å². The lowest BCUT2D eigenvalue weighted by molar-refractivity contribution is 0.441. The Morgan fingerprint density at radius 2 is 1.93 bits per heavy atom. The van der Waals surface area contributed by atoms with Crippen molar-refractivity contribution in [2.24, 2.45) is 5.73 Å². The van der Waals surface area contributed by atoms with Crippen molar-refractivity contribution in [1.29, 1.82) is 0 Å². The van der Waals surface area contributed by atoms with Crippen molar-refractivity contribution in [3.05, 3.63) is 41.3 Å². The van der Waals surface area contributed by atoms with E-state index >= 15 is 0 Å². The fourth-order valence-corrected chi connectivity index (χ4v) is 4.14. The average Bonchev–Trinajstić information content (AvgIpc) is 3.28. The number of nitrogens with two attached hydrogens (primary N) is 1. The second-order valence-electron chi connectivity index (χ2n) is 7.09. The first-order chi connectivity index (χ1) is 13.1. The summed E-state index contributed by atoms with van der Waals surface area (Å²) in [6.07, 6.45) is 10.4. The van der Waals surface area contributed by atoms with Crippen LogP contribution in [0.2, 0.25) is 0 Å². The number of aromatic nitrogens is 5. The zero-order valence-corrected chi connectivity index (χ0v) is 16.5. The average molecular weight is 381 g/mol. The molecule has 4 heterocycles. The molecular weight excluding hydrogens is 356 g/mol. The molecule has 0 atom stereocenters. The van der Waals surface area contributed by atoms with E-state index in [-0.39, 0.29) is 0 Å². The van der Waals surface area contributed by atoms with Crippen LogP contribution in [0.1, 0.15) is 43.5 Å². The quantitative estimate of drug-likeness (QED) is 0.532. The number of rotatable bonds is 1. The van der Waals surface area contributed by atoms with Crippen molar-refractivity contribution >= 4 is 27.2 Å². The first-order valence-corrected chi connectivity index (χ1v) is 10.3. The van der Waals surface area contributed by atoms with Crippen LogP contribution in [-0.2, 0) is 0 Å². The van der Waals surface area contributed by atoms with Gasteiger partial charge in [-0.25, -0.2) is 9.50 Å². The maximum Gasteiger partial charge on any atom is 0.142 e. The predicted octanol–water partition coefficient (Wildman–Crippen LogP) is 4.30. The SMILES string of the molecule is Cc1cn2nc(-c3cnc4ccsc4n3)cc2c(C)n1.NC1CCCCC1. The van der Waals surface area contributed by atoms with Crippen molar-refractivity contribution < 1.29 is 0 Å². The summed E-state index contributed by atoms with van der Waals surface area (Å²) in [5, 5.41) is 6.57. The lowest BCUT2D eigenvalue weighted by Gasteiger charge is -2.15. The van der Waals surface area contributed by atoms with Crippen LogP contribution in [0.15, 0.2) is 29.9 Å². The molecule has 0 bridgehead atoms. The number of hydrogen-bond donors (Lipinski definition) is 1. The van der Waals surface area contributed by atoms with Gasteiger partial charge in [0, 0.05) is 6.04 Å². The van der Waals surface area contributed by atoms with Gasteiger partial charge < -0.3 is 5.73 Å². The summed E-state index contributed by atoms with van der Waals surface area (Å²) in [6, 6.07) is 4.51. The van der Waals surface area contributed by atoms with Gasteiger partial charge in [-0.2, -0.15) is 5.10 Å². The maximum absolute atomic E-state index is 5.63. The Morgan fingerprint density at radius 1 is 1.11 bits per heavy atom. The zero-order chi connectivity index (χ0) is 18.8. The molecule has 1 saturated carbocycles. The first kappa shape index (κ1) is 18.0. The summed E-state index contributed by atoms with van der Waals surface area (Å²) in [5.74, 6) is 0. The number of fused-ring (bicyclic) bond motifs is 2. The fourth-order valence-electron chi connectivity index (χ4n) is 3.42. The van der Waals surface area contributed by atoms with E-state index in [2.05, 4.69) is 20.1 Å². The molecule has 27 heavy (non-hydrogen) atoms. The molecule has 0 aromatic carbocycles. The van der Waals surface area contributed by atoms with Crippen molar-refractivity contribution in [3.63, 3.8) is 0 Å². The molecular formula is C20H24N6S. The minimum atomic E-state index is 0.536. The molecule has 1 fully saturated rings. The molecule has 5 rings (SSSR count). The standard InChI is InChI=1S/C14H11N5S.C6H13N/c1-8-7-19-13(9(2)16-8)5-11(18-19)12-6-15-10-3-4-20-14(10)17-12;7-6-4-2-1-3-5-6/h3-7H,1-2H3;6H,1-5,7H2. The summed E-state index contributed by atoms with van der Waals surface area (Å²) < 4.78 is 1.85. The number of thiophene rings is 1. The van der Waals surface area contributed by atoms with E-state index < -0.39 is 0 Å². The van der Waals surface area contributed by atoms with E-state index in [0.717, 1.165) is 38.6 Å². The van der Waals surface area contributed by atoms with Crippen molar-refractivity contribution in [1.82, 2.24) is 24.6 Å². The van der Waals surface area contributed by atoms with Crippen LogP contribution < -0.4 is 5.73 Å². The van der Waals surface area contributed by atoms with E-state index in [0.29, 0.717) is 6.04 Å². The van der Waals surface area contributed by atoms with Crippen LogP contribution in [0.5, 0.6) is 0 Å². The van der Waals surface area contributed by atoms with Gasteiger partial charge in [-0.05, 0) is 44.2 Å². The Bertz CT molecular complexity index is 1060. The molecule has 140 valence electrons. The molecule has 2 N–H and O–H groups in total. The smallest absolute Gasteiger partial charge is 0.142 e. The number of aryl methyl sites for hydroxylation is 2. The van der Waals surface area contributed by atoms with Gasteiger partial charge in [0.15, 0.2) is 0 Å². The second-order valence-corrected chi connectivity index (χ2v) is 7.99.